The molecule has 0 aliphatic heterocycles. The molecular formula is C22H42O7. The number of aliphatic hydroxyl groups is 5. The SMILES string of the molecule is CC(=CCC(=O)OC[C@@H](O)[C@@H](O)[C@H](O)[C@H](O)CO)CCCC(C)CCCC(C)C. The summed E-state index contributed by atoms with van der Waals surface area (Å²) in [6, 6.07) is 0. The number of carbonyl (C=O) groups is 1. The van der Waals surface area contributed by atoms with Gasteiger partial charge in [-0.05, 0) is 31.6 Å². The maximum absolute atomic E-state index is 11.8. The number of esters is 1. The molecular weight excluding hydrogens is 376 g/mol. The molecule has 0 aliphatic rings. The van der Waals surface area contributed by atoms with Crippen LogP contribution in [0, 0.1) is 11.8 Å². The van der Waals surface area contributed by atoms with Crippen LogP contribution in [0.1, 0.15) is 72.6 Å². The summed E-state index contributed by atoms with van der Waals surface area (Å²) in [7, 11) is 0. The first-order valence-electron chi connectivity index (χ1n) is 10.7. The van der Waals surface area contributed by atoms with Crippen molar-refractivity contribution in [3.8, 4) is 0 Å². The summed E-state index contributed by atoms with van der Waals surface area (Å²) in [5, 5.41) is 46.9. The van der Waals surface area contributed by atoms with Crippen LogP contribution in [0.4, 0.5) is 0 Å². The second-order valence-corrected chi connectivity index (χ2v) is 8.56. The zero-order valence-electron chi connectivity index (χ0n) is 18.5. The highest BCUT2D eigenvalue weighted by molar-refractivity contribution is 5.71. The third-order valence-electron chi connectivity index (χ3n) is 5.10. The minimum Gasteiger partial charge on any atom is -0.463 e. The normalized spacial score (nSPS) is 17.7. The molecule has 0 saturated carbocycles. The molecule has 0 bridgehead atoms. The van der Waals surface area contributed by atoms with Crippen LogP contribution in [0.3, 0.4) is 0 Å². The van der Waals surface area contributed by atoms with Gasteiger partial charge in [-0.1, -0.05) is 58.1 Å². The lowest BCUT2D eigenvalue weighted by atomic mass is 9.94. The topological polar surface area (TPSA) is 127 Å². The van der Waals surface area contributed by atoms with Crippen molar-refractivity contribution in [2.45, 2.75) is 97.1 Å². The average Bonchev–Trinajstić information content (AvgIpc) is 2.68. The van der Waals surface area contributed by atoms with Crippen molar-refractivity contribution in [2.75, 3.05) is 13.2 Å². The molecule has 0 heterocycles. The maximum Gasteiger partial charge on any atom is 0.309 e. The highest BCUT2D eigenvalue weighted by Gasteiger charge is 2.30. The van der Waals surface area contributed by atoms with Gasteiger partial charge < -0.3 is 30.3 Å². The van der Waals surface area contributed by atoms with Crippen molar-refractivity contribution in [1.29, 1.82) is 0 Å². The Bertz CT molecular complexity index is 464. The van der Waals surface area contributed by atoms with Crippen LogP contribution in [-0.4, -0.2) is 69.1 Å². The van der Waals surface area contributed by atoms with E-state index in [0.717, 1.165) is 24.3 Å². The third kappa shape index (κ3) is 13.8. The number of rotatable bonds is 16. The second-order valence-electron chi connectivity index (χ2n) is 8.56. The predicted octanol–water partition coefficient (Wildman–Crippen LogP) is 1.93. The smallest absolute Gasteiger partial charge is 0.309 e. The predicted molar refractivity (Wildman–Crippen MR) is 112 cm³/mol. The first-order chi connectivity index (χ1) is 13.6. The zero-order chi connectivity index (χ0) is 22.4. The fraction of sp³-hybridized carbons (Fsp3) is 0.864. The van der Waals surface area contributed by atoms with Gasteiger partial charge in [-0.25, -0.2) is 0 Å². The molecule has 5 atom stereocenters. The first kappa shape index (κ1) is 28.0. The molecule has 0 radical (unpaired) electrons. The fourth-order valence-electron chi connectivity index (χ4n) is 3.01. The largest absolute Gasteiger partial charge is 0.463 e. The molecule has 7 heteroatoms. The minimum atomic E-state index is -1.73. The number of carbonyl (C=O) groups excluding carboxylic acids is 1. The number of aliphatic hydroxyl groups excluding tert-OH is 5. The summed E-state index contributed by atoms with van der Waals surface area (Å²) in [5.74, 6) is 0.919. The van der Waals surface area contributed by atoms with Gasteiger partial charge in [0, 0.05) is 0 Å². The summed E-state index contributed by atoms with van der Waals surface area (Å²) < 4.78 is 4.90. The maximum atomic E-state index is 11.8. The lowest BCUT2D eigenvalue weighted by Crippen LogP contribution is -2.47. The van der Waals surface area contributed by atoms with Crippen LogP contribution in [0.5, 0.6) is 0 Å². The van der Waals surface area contributed by atoms with E-state index in [0.29, 0.717) is 5.92 Å². The van der Waals surface area contributed by atoms with Crippen LogP contribution in [0.25, 0.3) is 0 Å². The summed E-state index contributed by atoms with van der Waals surface area (Å²) in [4.78, 5) is 11.8. The molecule has 0 rings (SSSR count). The number of hydrogen-bond donors (Lipinski definition) is 5. The van der Waals surface area contributed by atoms with Crippen molar-refractivity contribution in [1.82, 2.24) is 0 Å². The average molecular weight is 419 g/mol. The van der Waals surface area contributed by atoms with Gasteiger partial charge >= 0.3 is 5.97 Å². The lowest BCUT2D eigenvalue weighted by Gasteiger charge is -2.25. The molecule has 0 aliphatic carbocycles. The molecule has 0 amide bonds. The van der Waals surface area contributed by atoms with Crippen molar-refractivity contribution in [3.05, 3.63) is 11.6 Å². The highest BCUT2D eigenvalue weighted by atomic mass is 16.5. The Morgan fingerprint density at radius 2 is 1.52 bits per heavy atom. The molecule has 0 spiro atoms. The van der Waals surface area contributed by atoms with Crippen LogP contribution < -0.4 is 0 Å². The molecule has 5 N–H and O–H groups in total. The van der Waals surface area contributed by atoms with E-state index in [4.69, 9.17) is 9.84 Å². The summed E-state index contributed by atoms with van der Waals surface area (Å²) in [6.45, 7) is 7.49. The monoisotopic (exact) mass is 418 g/mol. The van der Waals surface area contributed by atoms with Crippen LogP contribution in [0.2, 0.25) is 0 Å². The molecule has 0 aromatic carbocycles. The van der Waals surface area contributed by atoms with E-state index >= 15 is 0 Å². The van der Waals surface area contributed by atoms with E-state index in [1.807, 2.05) is 6.92 Å². The van der Waals surface area contributed by atoms with Gasteiger partial charge in [0.15, 0.2) is 0 Å². The van der Waals surface area contributed by atoms with Crippen molar-refractivity contribution < 1.29 is 35.1 Å². The Morgan fingerprint density at radius 1 is 0.931 bits per heavy atom. The van der Waals surface area contributed by atoms with Gasteiger partial charge in [0.05, 0.1) is 13.0 Å². The molecule has 7 nitrogen and oxygen atoms in total. The Kier molecular flexibility index (Phi) is 15.3. The van der Waals surface area contributed by atoms with Crippen molar-refractivity contribution >= 4 is 5.97 Å². The van der Waals surface area contributed by atoms with Gasteiger partial charge in [0.2, 0.25) is 0 Å². The Hall–Kier alpha value is -0.990. The Labute approximate surface area is 175 Å². The van der Waals surface area contributed by atoms with Gasteiger partial charge in [0.1, 0.15) is 31.0 Å². The van der Waals surface area contributed by atoms with E-state index in [1.54, 1.807) is 6.08 Å². The molecule has 29 heavy (non-hydrogen) atoms. The number of allylic oxidation sites excluding steroid dienone is 1. The zero-order valence-corrected chi connectivity index (χ0v) is 18.5. The van der Waals surface area contributed by atoms with E-state index in [2.05, 4.69) is 20.8 Å². The van der Waals surface area contributed by atoms with Crippen LogP contribution in [0.15, 0.2) is 11.6 Å². The number of hydrogen-bond acceptors (Lipinski definition) is 7. The second kappa shape index (κ2) is 15.8. The van der Waals surface area contributed by atoms with Gasteiger partial charge in [-0.3, -0.25) is 4.79 Å². The van der Waals surface area contributed by atoms with E-state index in [1.165, 1.54) is 25.7 Å². The quantitative estimate of drug-likeness (QED) is 0.191. The summed E-state index contributed by atoms with van der Waals surface area (Å²) >= 11 is 0. The molecule has 0 aromatic heterocycles. The molecule has 172 valence electrons. The van der Waals surface area contributed by atoms with Crippen molar-refractivity contribution in [2.24, 2.45) is 11.8 Å². The van der Waals surface area contributed by atoms with Gasteiger partial charge in [-0.2, -0.15) is 0 Å². The highest BCUT2D eigenvalue weighted by Crippen LogP contribution is 2.19. The third-order valence-corrected chi connectivity index (χ3v) is 5.10. The summed E-state index contributed by atoms with van der Waals surface area (Å²) in [6.07, 6.45) is 2.24. The first-order valence-corrected chi connectivity index (χ1v) is 10.7. The molecule has 0 saturated heterocycles. The van der Waals surface area contributed by atoms with E-state index in [-0.39, 0.29) is 6.42 Å². The number of ether oxygens (including phenoxy) is 1. The standard InChI is InChI=1S/C22H42O7/c1-15(2)7-5-8-16(3)9-6-10-17(4)11-12-20(26)29-14-19(25)22(28)21(27)18(24)13-23/h11,15-16,18-19,21-25,27-28H,5-10,12-14H2,1-4H3/t16?,18-,19-,21-,22-/m1/s1. The van der Waals surface area contributed by atoms with Crippen molar-refractivity contribution in [3.63, 3.8) is 0 Å². The Morgan fingerprint density at radius 3 is 2.10 bits per heavy atom. The molecule has 0 fully saturated rings. The molecule has 1 unspecified atom stereocenters. The van der Waals surface area contributed by atoms with E-state index in [9.17, 15) is 25.2 Å². The summed E-state index contributed by atoms with van der Waals surface area (Å²) in [5.41, 5.74) is 1.11. The molecule has 0 aromatic rings. The fourth-order valence-corrected chi connectivity index (χ4v) is 3.01. The lowest BCUT2D eigenvalue weighted by molar-refractivity contribution is -0.155. The Balaban J connectivity index is 4.05. The van der Waals surface area contributed by atoms with Crippen LogP contribution >= 0.6 is 0 Å². The van der Waals surface area contributed by atoms with Gasteiger partial charge in [-0.15, -0.1) is 0 Å². The van der Waals surface area contributed by atoms with Crippen LogP contribution in [-0.2, 0) is 9.53 Å². The van der Waals surface area contributed by atoms with Gasteiger partial charge in [0.25, 0.3) is 0 Å². The minimum absolute atomic E-state index is 0.0699. The van der Waals surface area contributed by atoms with E-state index < -0.39 is 43.6 Å².